The fourth-order valence-electron chi connectivity index (χ4n) is 6.68. The lowest BCUT2D eigenvalue weighted by Gasteiger charge is -2.44. The van der Waals surface area contributed by atoms with E-state index in [2.05, 4.69) is 0 Å². The van der Waals surface area contributed by atoms with Gasteiger partial charge in [0.25, 0.3) is 0 Å². The van der Waals surface area contributed by atoms with E-state index in [4.69, 9.17) is 9.47 Å². The van der Waals surface area contributed by atoms with Crippen molar-refractivity contribution in [2.45, 2.75) is 0 Å². The zero-order chi connectivity index (χ0) is 12.3. The zero-order valence-electron chi connectivity index (χ0n) is 10.4. The number of hydrogen-bond donors (Lipinski definition) is 0. The molecule has 6 aliphatic carbocycles. The van der Waals surface area contributed by atoms with Crippen LogP contribution in [0.15, 0.2) is 0 Å². The van der Waals surface area contributed by atoms with Gasteiger partial charge in [0.1, 0.15) is 0 Å². The lowest BCUT2D eigenvalue weighted by molar-refractivity contribution is -0.171. The van der Waals surface area contributed by atoms with Crippen LogP contribution in [0, 0.1) is 59.2 Å². The van der Waals surface area contributed by atoms with Crippen molar-refractivity contribution >= 4 is 11.9 Å². The van der Waals surface area contributed by atoms with Gasteiger partial charge in [0.2, 0.25) is 0 Å². The molecule has 6 saturated carbocycles. The van der Waals surface area contributed by atoms with Gasteiger partial charge < -0.3 is 9.47 Å². The Morgan fingerprint density at radius 3 is 1.17 bits per heavy atom. The first-order valence-electron chi connectivity index (χ1n) is 6.88. The number of carbonyl (C=O) groups excluding carboxylic acids is 2. The maximum absolute atomic E-state index is 12.1. The van der Waals surface area contributed by atoms with Gasteiger partial charge in [-0.2, -0.15) is 0 Å². The predicted molar refractivity (Wildman–Crippen MR) is 58.9 cm³/mol. The minimum absolute atomic E-state index is 0.185. The highest BCUT2D eigenvalue weighted by molar-refractivity contribution is 5.84. The van der Waals surface area contributed by atoms with Crippen LogP contribution in [0.3, 0.4) is 0 Å². The summed E-state index contributed by atoms with van der Waals surface area (Å²) >= 11 is 0. The number of rotatable bonds is 2. The van der Waals surface area contributed by atoms with Gasteiger partial charge in [-0.25, -0.2) is 0 Å². The second-order valence-electron chi connectivity index (χ2n) is 6.72. The van der Waals surface area contributed by atoms with Crippen LogP contribution in [0.1, 0.15) is 0 Å². The highest BCUT2D eigenvalue weighted by atomic mass is 16.5. The van der Waals surface area contributed by atoms with E-state index in [0.717, 1.165) is 35.5 Å². The Bertz CT molecular complexity index is 422. The summed E-state index contributed by atoms with van der Waals surface area (Å²) in [7, 11) is 2.86. The largest absolute Gasteiger partial charge is 0.469 e. The molecule has 6 rings (SSSR count). The van der Waals surface area contributed by atoms with Crippen LogP contribution >= 0.6 is 0 Å². The molecule has 0 saturated heterocycles. The smallest absolute Gasteiger partial charge is 0.309 e. The molecule has 0 aliphatic heterocycles. The molecule has 0 N–H and O–H groups in total. The summed E-state index contributed by atoms with van der Waals surface area (Å²) < 4.78 is 9.93. The van der Waals surface area contributed by atoms with Crippen molar-refractivity contribution in [2.24, 2.45) is 59.2 Å². The second-order valence-corrected chi connectivity index (χ2v) is 6.72. The number of esters is 2. The first-order chi connectivity index (χ1) is 8.72. The molecular formula is C14H16O4. The Labute approximate surface area is 105 Å². The Kier molecular flexibility index (Phi) is 1.42. The number of ether oxygens (including phenoxy) is 2. The monoisotopic (exact) mass is 248 g/mol. The van der Waals surface area contributed by atoms with E-state index in [-0.39, 0.29) is 23.8 Å². The molecular weight excluding hydrogens is 232 g/mol. The summed E-state index contributed by atoms with van der Waals surface area (Å²) in [5.74, 6) is 4.69. The van der Waals surface area contributed by atoms with E-state index in [1.165, 1.54) is 14.2 Å². The van der Waals surface area contributed by atoms with Gasteiger partial charge in [0, 0.05) is 0 Å². The Morgan fingerprint density at radius 2 is 0.889 bits per heavy atom. The highest BCUT2D eigenvalue weighted by Gasteiger charge is 2.92. The molecule has 18 heavy (non-hydrogen) atoms. The second kappa shape index (κ2) is 2.61. The maximum atomic E-state index is 12.1. The van der Waals surface area contributed by atoms with E-state index in [1.807, 2.05) is 0 Å². The summed E-state index contributed by atoms with van der Waals surface area (Å²) in [5, 5.41) is 0. The molecule has 0 spiro atoms. The van der Waals surface area contributed by atoms with E-state index < -0.39 is 0 Å². The molecule has 0 aromatic rings. The van der Waals surface area contributed by atoms with Crippen LogP contribution < -0.4 is 0 Å². The Morgan fingerprint density at radius 1 is 0.611 bits per heavy atom. The lowest BCUT2D eigenvalue weighted by atomic mass is 9.58. The first kappa shape index (κ1) is 9.82. The Hall–Kier alpha value is -1.06. The van der Waals surface area contributed by atoms with Crippen molar-refractivity contribution in [3.05, 3.63) is 0 Å². The molecule has 10 atom stereocenters. The van der Waals surface area contributed by atoms with Crippen LogP contribution in [-0.2, 0) is 19.1 Å². The molecule has 4 unspecified atom stereocenters. The average molecular weight is 248 g/mol. The highest BCUT2D eigenvalue weighted by Crippen LogP contribution is 2.93. The van der Waals surface area contributed by atoms with Crippen LogP contribution in [-0.4, -0.2) is 26.2 Å². The van der Waals surface area contributed by atoms with Crippen molar-refractivity contribution in [3.63, 3.8) is 0 Å². The first-order valence-corrected chi connectivity index (χ1v) is 6.88. The third-order valence-corrected chi connectivity index (χ3v) is 6.77. The van der Waals surface area contributed by atoms with Gasteiger partial charge in [-0.1, -0.05) is 0 Å². The minimum Gasteiger partial charge on any atom is -0.469 e. The SMILES string of the molecule is COC(=O)[C@@H]1C2[C@H]3C4C5[C@@H]2[C@@H]5C([C@H]43)[C@@H]1C(=O)OC. The molecule has 0 aromatic carbocycles. The van der Waals surface area contributed by atoms with E-state index >= 15 is 0 Å². The summed E-state index contributed by atoms with van der Waals surface area (Å²) in [6.45, 7) is 0. The normalized spacial score (nSPS) is 63.4. The molecule has 0 aromatic heterocycles. The maximum Gasteiger partial charge on any atom is 0.309 e. The minimum atomic E-state index is -0.215. The third kappa shape index (κ3) is 0.733. The van der Waals surface area contributed by atoms with Gasteiger partial charge >= 0.3 is 11.9 Å². The molecule has 2 bridgehead atoms. The van der Waals surface area contributed by atoms with Crippen molar-refractivity contribution in [1.29, 1.82) is 0 Å². The fourth-order valence-corrected chi connectivity index (χ4v) is 6.68. The standard InChI is InChI=1S/C14H16O4/c1-17-13(15)11-9-5-3-4-6(9)8(4)10(7(3)5)12(11)14(16)18-2/h3-12H,1-2H3/t3?,4?,5-,6-,7-,8+,9?,10?,11+,12-/m1/s1. The molecule has 0 radical (unpaired) electrons. The summed E-state index contributed by atoms with van der Waals surface area (Å²) in [4.78, 5) is 24.2. The van der Waals surface area contributed by atoms with Crippen molar-refractivity contribution < 1.29 is 19.1 Å². The topological polar surface area (TPSA) is 52.6 Å². The van der Waals surface area contributed by atoms with Gasteiger partial charge in [0.15, 0.2) is 0 Å². The van der Waals surface area contributed by atoms with Crippen LogP contribution in [0.4, 0.5) is 0 Å². The zero-order valence-corrected chi connectivity index (χ0v) is 10.4. The molecule has 4 nitrogen and oxygen atoms in total. The van der Waals surface area contributed by atoms with Crippen molar-refractivity contribution in [1.82, 2.24) is 0 Å². The molecule has 0 heterocycles. The number of carbonyl (C=O) groups is 2. The van der Waals surface area contributed by atoms with Crippen LogP contribution in [0.2, 0.25) is 0 Å². The quantitative estimate of drug-likeness (QED) is 0.670. The lowest BCUT2D eigenvalue weighted by Crippen LogP contribution is -2.51. The van der Waals surface area contributed by atoms with Gasteiger partial charge in [-0.05, 0) is 47.3 Å². The Balaban J connectivity index is 1.60. The molecule has 96 valence electrons. The van der Waals surface area contributed by atoms with E-state index in [9.17, 15) is 9.59 Å². The molecule has 4 heteroatoms. The summed E-state index contributed by atoms with van der Waals surface area (Å²) in [6, 6.07) is 0. The molecule has 6 aliphatic rings. The van der Waals surface area contributed by atoms with E-state index in [0.29, 0.717) is 11.8 Å². The summed E-state index contributed by atoms with van der Waals surface area (Å²) in [6.07, 6.45) is 0. The average Bonchev–Trinajstić information content (AvgIpc) is 3.24. The number of hydrogen-bond acceptors (Lipinski definition) is 4. The van der Waals surface area contributed by atoms with Crippen LogP contribution in [0.25, 0.3) is 0 Å². The van der Waals surface area contributed by atoms with Crippen molar-refractivity contribution in [2.75, 3.05) is 14.2 Å². The van der Waals surface area contributed by atoms with Crippen molar-refractivity contribution in [3.8, 4) is 0 Å². The van der Waals surface area contributed by atoms with Gasteiger partial charge in [-0.3, -0.25) is 9.59 Å². The number of methoxy groups -OCH3 is 2. The third-order valence-electron chi connectivity index (χ3n) is 6.77. The fraction of sp³-hybridized carbons (Fsp3) is 0.857. The van der Waals surface area contributed by atoms with E-state index in [1.54, 1.807) is 0 Å². The van der Waals surface area contributed by atoms with Crippen LogP contribution in [0.5, 0.6) is 0 Å². The van der Waals surface area contributed by atoms with Gasteiger partial charge in [-0.15, -0.1) is 0 Å². The molecule has 0 amide bonds. The van der Waals surface area contributed by atoms with Gasteiger partial charge in [0.05, 0.1) is 26.1 Å². The predicted octanol–water partition coefficient (Wildman–Crippen LogP) is 0.562. The summed E-state index contributed by atoms with van der Waals surface area (Å²) in [5.41, 5.74) is 0. The number of fused-ring (bicyclic) bond motifs is 1. The molecule has 6 fully saturated rings.